The van der Waals surface area contributed by atoms with Crippen LogP contribution in [0, 0.1) is 29.1 Å². The van der Waals surface area contributed by atoms with Crippen LogP contribution in [0.15, 0.2) is 96.7 Å². The summed E-state index contributed by atoms with van der Waals surface area (Å²) in [5.41, 5.74) is 6.56. The molecule has 5 heteroatoms. The van der Waals surface area contributed by atoms with Crippen LogP contribution in [0.4, 0.5) is 0 Å². The van der Waals surface area contributed by atoms with Crippen LogP contribution in [0.3, 0.4) is 0 Å². The van der Waals surface area contributed by atoms with E-state index in [1.807, 2.05) is 77.5 Å². The van der Waals surface area contributed by atoms with E-state index in [2.05, 4.69) is 28.0 Å². The van der Waals surface area contributed by atoms with E-state index in [9.17, 15) is 0 Å². The summed E-state index contributed by atoms with van der Waals surface area (Å²) in [6.07, 6.45) is 7.88. The second-order valence-electron chi connectivity index (χ2n) is 8.56. The maximum Gasteiger partial charge on any atom is 0.142 e. The van der Waals surface area contributed by atoms with Crippen molar-refractivity contribution in [3.8, 4) is 29.0 Å². The second-order valence-corrected chi connectivity index (χ2v) is 8.56. The average molecular weight is 457 g/mol. The first-order valence-corrected chi connectivity index (χ1v) is 11.6. The van der Waals surface area contributed by atoms with Crippen LogP contribution >= 0.6 is 0 Å². The van der Waals surface area contributed by atoms with E-state index in [0.29, 0.717) is 24.6 Å². The van der Waals surface area contributed by atoms with Gasteiger partial charge in [-0.1, -0.05) is 65.5 Å². The molecule has 1 fully saturated rings. The minimum absolute atomic E-state index is 0.358. The number of nitriles is 1. The smallest absolute Gasteiger partial charge is 0.142 e. The van der Waals surface area contributed by atoms with E-state index >= 15 is 0 Å². The molecular formula is C30H24N4O. The minimum atomic E-state index is 0.358. The molecule has 4 aromatic rings. The van der Waals surface area contributed by atoms with Gasteiger partial charge in [-0.05, 0) is 53.8 Å². The molecule has 0 radical (unpaired) electrons. The van der Waals surface area contributed by atoms with Crippen LogP contribution in [0.5, 0.6) is 0 Å². The first-order valence-electron chi connectivity index (χ1n) is 11.6. The van der Waals surface area contributed by atoms with Gasteiger partial charge in [0, 0.05) is 29.4 Å². The molecule has 0 unspecified atom stereocenters. The third-order valence-electron chi connectivity index (χ3n) is 5.79. The van der Waals surface area contributed by atoms with Crippen LogP contribution in [0.2, 0.25) is 0 Å². The molecule has 1 aromatic heterocycles. The molecule has 5 nitrogen and oxygen atoms in total. The quantitative estimate of drug-likeness (QED) is 0.200. The summed E-state index contributed by atoms with van der Waals surface area (Å²) in [7, 11) is 0. The summed E-state index contributed by atoms with van der Waals surface area (Å²) >= 11 is 0. The van der Waals surface area contributed by atoms with Gasteiger partial charge in [0.05, 0.1) is 24.5 Å². The van der Waals surface area contributed by atoms with Crippen LogP contribution in [0.25, 0.3) is 11.1 Å². The second kappa shape index (κ2) is 10.5. The van der Waals surface area contributed by atoms with Crippen molar-refractivity contribution in [1.29, 1.82) is 5.26 Å². The topological polar surface area (TPSA) is 63.2 Å². The van der Waals surface area contributed by atoms with Crippen molar-refractivity contribution < 1.29 is 4.84 Å². The molecule has 0 N–H and O–H groups in total. The molecule has 170 valence electrons. The van der Waals surface area contributed by atoms with Crippen LogP contribution in [-0.4, -0.2) is 15.3 Å². The Morgan fingerprint density at radius 3 is 2.54 bits per heavy atom. The predicted octanol–water partition coefficient (Wildman–Crippen LogP) is 5.80. The van der Waals surface area contributed by atoms with Gasteiger partial charge in [-0.15, -0.1) is 0 Å². The molecule has 0 atom stereocenters. The normalized spacial score (nSPS) is 12.9. The number of imidazole rings is 1. The van der Waals surface area contributed by atoms with Crippen molar-refractivity contribution in [2.75, 3.05) is 0 Å². The fourth-order valence-corrected chi connectivity index (χ4v) is 3.63. The molecule has 5 rings (SSSR count). The molecule has 3 aromatic carbocycles. The van der Waals surface area contributed by atoms with E-state index in [1.165, 1.54) is 12.8 Å². The summed E-state index contributed by atoms with van der Waals surface area (Å²) in [5, 5.41) is 13.6. The molecule has 1 saturated carbocycles. The Balaban J connectivity index is 1.28. The highest BCUT2D eigenvalue weighted by Crippen LogP contribution is 2.27. The van der Waals surface area contributed by atoms with Crippen molar-refractivity contribution >= 4 is 5.71 Å². The molecule has 1 heterocycles. The maximum absolute atomic E-state index is 9.13. The Hall–Kier alpha value is -4.61. The summed E-state index contributed by atoms with van der Waals surface area (Å²) in [5.74, 6) is 7.13. The lowest BCUT2D eigenvalue weighted by molar-refractivity contribution is 0.130. The van der Waals surface area contributed by atoms with E-state index < -0.39 is 0 Å². The third kappa shape index (κ3) is 6.05. The van der Waals surface area contributed by atoms with Gasteiger partial charge in [0.2, 0.25) is 0 Å². The average Bonchev–Trinajstić information content (AvgIpc) is 3.61. The maximum atomic E-state index is 9.13. The van der Waals surface area contributed by atoms with Gasteiger partial charge in [0.1, 0.15) is 12.3 Å². The largest absolute Gasteiger partial charge is 0.391 e. The molecule has 0 spiro atoms. The fraction of sp³-hybridized carbons (Fsp3) is 0.167. The SMILES string of the molecule is N#Cc1cccc(-c2ccc(CO/N=C(\Cn3ccnc3)c3ccc(C#CC4CC4)cc3)cc2)c1. The molecule has 1 aliphatic carbocycles. The zero-order valence-electron chi connectivity index (χ0n) is 19.3. The van der Waals surface area contributed by atoms with E-state index in [-0.39, 0.29) is 0 Å². The number of rotatable bonds is 7. The number of hydrogen-bond acceptors (Lipinski definition) is 4. The van der Waals surface area contributed by atoms with Crippen LogP contribution < -0.4 is 0 Å². The number of oxime groups is 1. The lowest BCUT2D eigenvalue weighted by Crippen LogP contribution is -2.11. The summed E-state index contributed by atoms with van der Waals surface area (Å²) in [4.78, 5) is 9.90. The number of nitrogens with zero attached hydrogens (tertiary/aromatic N) is 4. The Labute approximate surface area is 205 Å². The Kier molecular flexibility index (Phi) is 6.69. The molecule has 1 aliphatic rings. The van der Waals surface area contributed by atoms with Gasteiger partial charge in [0.15, 0.2) is 0 Å². The predicted molar refractivity (Wildman–Crippen MR) is 136 cm³/mol. The van der Waals surface area contributed by atoms with Gasteiger partial charge >= 0.3 is 0 Å². The van der Waals surface area contributed by atoms with Crippen LogP contribution in [0.1, 0.15) is 35.1 Å². The van der Waals surface area contributed by atoms with Crippen molar-refractivity contribution in [3.63, 3.8) is 0 Å². The number of benzene rings is 3. The first-order chi connectivity index (χ1) is 17.3. The third-order valence-corrected chi connectivity index (χ3v) is 5.79. The van der Waals surface area contributed by atoms with Gasteiger partial charge in [-0.25, -0.2) is 4.98 Å². The Bertz CT molecular complexity index is 1410. The van der Waals surface area contributed by atoms with Gasteiger partial charge in [-0.2, -0.15) is 5.26 Å². The van der Waals surface area contributed by atoms with Crippen molar-refractivity contribution in [3.05, 3.63) is 114 Å². The van der Waals surface area contributed by atoms with Crippen LogP contribution in [-0.2, 0) is 18.0 Å². The molecule has 0 bridgehead atoms. The first kappa shape index (κ1) is 22.2. The highest BCUT2D eigenvalue weighted by atomic mass is 16.6. The zero-order chi connectivity index (χ0) is 23.9. The highest BCUT2D eigenvalue weighted by Gasteiger charge is 2.17. The van der Waals surface area contributed by atoms with Crippen molar-refractivity contribution in [2.45, 2.75) is 26.0 Å². The van der Waals surface area contributed by atoms with Gasteiger partial charge in [-0.3, -0.25) is 0 Å². The molecule has 0 aliphatic heterocycles. The summed E-state index contributed by atoms with van der Waals surface area (Å²) in [6.45, 7) is 0.915. The molecular weight excluding hydrogens is 432 g/mol. The molecule has 0 saturated heterocycles. The van der Waals surface area contributed by atoms with Crippen molar-refractivity contribution in [1.82, 2.24) is 9.55 Å². The van der Waals surface area contributed by atoms with Gasteiger partial charge < -0.3 is 9.40 Å². The van der Waals surface area contributed by atoms with Gasteiger partial charge in [0.25, 0.3) is 0 Å². The van der Waals surface area contributed by atoms with E-state index in [1.54, 1.807) is 18.6 Å². The lowest BCUT2D eigenvalue weighted by atomic mass is 10.0. The number of hydrogen-bond donors (Lipinski definition) is 0. The minimum Gasteiger partial charge on any atom is -0.391 e. The summed E-state index contributed by atoms with van der Waals surface area (Å²) in [6, 6.07) is 26.0. The standard InChI is InChI=1S/C30H24N4O/c31-19-26-2-1-3-29(18-26)27-12-10-25(11-13-27)21-35-33-30(20-34-17-16-32-22-34)28-14-8-24(9-15-28)7-6-23-4-5-23/h1-3,8-18,22-23H,4-5,20-21H2/b33-30+. The Morgan fingerprint density at radius 2 is 1.83 bits per heavy atom. The monoisotopic (exact) mass is 456 g/mol. The highest BCUT2D eigenvalue weighted by molar-refractivity contribution is 6.00. The lowest BCUT2D eigenvalue weighted by Gasteiger charge is -2.09. The van der Waals surface area contributed by atoms with E-state index in [4.69, 9.17) is 10.1 Å². The van der Waals surface area contributed by atoms with E-state index in [0.717, 1.165) is 33.5 Å². The van der Waals surface area contributed by atoms with Crippen molar-refractivity contribution in [2.24, 2.45) is 11.1 Å². The molecule has 0 amide bonds. The zero-order valence-corrected chi connectivity index (χ0v) is 19.3. The summed E-state index contributed by atoms with van der Waals surface area (Å²) < 4.78 is 1.97. The Morgan fingerprint density at radius 1 is 1.00 bits per heavy atom. The number of aromatic nitrogens is 2. The molecule has 35 heavy (non-hydrogen) atoms. The fourth-order valence-electron chi connectivity index (χ4n) is 3.63.